The van der Waals surface area contributed by atoms with Crippen molar-refractivity contribution in [3.63, 3.8) is 0 Å². The van der Waals surface area contributed by atoms with Crippen LogP contribution in [0.5, 0.6) is 0 Å². The zero-order chi connectivity index (χ0) is 24.8. The predicted octanol–water partition coefficient (Wildman–Crippen LogP) is 6.29. The summed E-state index contributed by atoms with van der Waals surface area (Å²) in [6.45, 7) is 10.4. The molecule has 4 heterocycles. The Hall–Kier alpha value is -4.02. The molecule has 1 saturated heterocycles. The summed E-state index contributed by atoms with van der Waals surface area (Å²) in [5.74, 6) is 0.0623. The second-order valence-corrected chi connectivity index (χ2v) is 9.84. The fourth-order valence-corrected chi connectivity index (χ4v) is 5.36. The lowest BCUT2D eigenvalue weighted by Crippen LogP contribution is -2.31. The smallest absolute Gasteiger partial charge is 0.222 e. The van der Waals surface area contributed by atoms with Gasteiger partial charge in [0.05, 0.1) is 30.3 Å². The molecule has 0 unspecified atom stereocenters. The summed E-state index contributed by atoms with van der Waals surface area (Å²) in [7, 11) is 4.20. The number of hydrogen-bond donors (Lipinski definition) is 0. The molecule has 0 bridgehead atoms. The molecule has 1 fully saturated rings. The van der Waals surface area contributed by atoms with Gasteiger partial charge in [0.1, 0.15) is 11.3 Å². The number of piperidine rings is 1. The topological polar surface area (TPSA) is 43.2 Å². The molecule has 5 aromatic rings. The standard InChI is InChI=1S/C29H27FN6/c1-31-24-6-4-21(15-23(24)30)27-28(22-5-7-25-20(14-22)10-13-35(25)3)32-16-26-29(27)33-18-36(26)17-19-8-11-34(2)12-9-19/h4-7,10,13-16,18-19H,8-9,11-12,17H2,2-3H3. The van der Waals surface area contributed by atoms with Crippen LogP contribution in [-0.4, -0.2) is 44.1 Å². The maximum absolute atomic E-state index is 14.8. The molecule has 0 amide bonds. The van der Waals surface area contributed by atoms with Crippen molar-refractivity contribution in [2.24, 2.45) is 13.0 Å². The Morgan fingerprint density at radius 2 is 1.81 bits per heavy atom. The molecule has 3 aromatic heterocycles. The van der Waals surface area contributed by atoms with Crippen molar-refractivity contribution in [2.75, 3.05) is 20.1 Å². The summed E-state index contributed by atoms with van der Waals surface area (Å²) in [6, 6.07) is 13.1. The van der Waals surface area contributed by atoms with Gasteiger partial charge >= 0.3 is 0 Å². The summed E-state index contributed by atoms with van der Waals surface area (Å²) in [6.07, 6.45) is 8.15. The lowest BCUT2D eigenvalue weighted by Gasteiger charge is -2.29. The third kappa shape index (κ3) is 3.84. The van der Waals surface area contributed by atoms with E-state index in [2.05, 4.69) is 50.2 Å². The van der Waals surface area contributed by atoms with Crippen LogP contribution in [0.1, 0.15) is 12.8 Å². The van der Waals surface area contributed by atoms with Crippen LogP contribution in [0.2, 0.25) is 0 Å². The highest BCUT2D eigenvalue weighted by Gasteiger charge is 2.21. The largest absolute Gasteiger partial charge is 0.351 e. The molecular weight excluding hydrogens is 451 g/mol. The maximum Gasteiger partial charge on any atom is 0.222 e. The molecule has 1 aliphatic rings. The minimum Gasteiger partial charge on any atom is -0.351 e. The summed E-state index contributed by atoms with van der Waals surface area (Å²) < 4.78 is 19.0. The Labute approximate surface area is 209 Å². The molecule has 6 rings (SSSR count). The molecular formula is C29H27FN6. The van der Waals surface area contributed by atoms with Gasteiger partial charge < -0.3 is 14.0 Å². The van der Waals surface area contributed by atoms with E-state index in [0.717, 1.165) is 71.2 Å². The normalized spacial score (nSPS) is 15.1. The molecule has 0 atom stereocenters. The highest BCUT2D eigenvalue weighted by molar-refractivity contribution is 6.00. The molecule has 36 heavy (non-hydrogen) atoms. The zero-order valence-corrected chi connectivity index (χ0v) is 20.4. The summed E-state index contributed by atoms with van der Waals surface area (Å²) in [4.78, 5) is 15.4. The molecule has 0 spiro atoms. The van der Waals surface area contributed by atoms with Crippen LogP contribution in [0.25, 0.3) is 49.2 Å². The van der Waals surface area contributed by atoms with Crippen molar-refractivity contribution < 1.29 is 4.39 Å². The van der Waals surface area contributed by atoms with Gasteiger partial charge in [-0.15, -0.1) is 0 Å². The number of nitrogens with zero attached hydrogens (tertiary/aromatic N) is 6. The average Bonchev–Trinajstić information content (AvgIpc) is 3.47. The van der Waals surface area contributed by atoms with Gasteiger partial charge in [0, 0.05) is 41.8 Å². The van der Waals surface area contributed by atoms with Crippen molar-refractivity contribution in [1.82, 2.24) is 24.0 Å². The number of benzene rings is 2. The van der Waals surface area contributed by atoms with Crippen LogP contribution in [0.15, 0.2) is 61.2 Å². The van der Waals surface area contributed by atoms with E-state index >= 15 is 0 Å². The van der Waals surface area contributed by atoms with Gasteiger partial charge in [0.15, 0.2) is 0 Å². The number of halogens is 1. The minimum atomic E-state index is -0.533. The zero-order valence-electron chi connectivity index (χ0n) is 20.4. The monoisotopic (exact) mass is 478 g/mol. The van der Waals surface area contributed by atoms with Gasteiger partial charge in [-0.2, -0.15) is 0 Å². The van der Waals surface area contributed by atoms with Crippen molar-refractivity contribution in [1.29, 1.82) is 0 Å². The summed E-state index contributed by atoms with van der Waals surface area (Å²) >= 11 is 0. The fourth-order valence-electron chi connectivity index (χ4n) is 5.36. The molecule has 0 radical (unpaired) electrons. The molecule has 0 saturated carbocycles. The Morgan fingerprint density at radius 1 is 1.00 bits per heavy atom. The van der Waals surface area contributed by atoms with Crippen molar-refractivity contribution in [3.8, 4) is 22.4 Å². The lowest BCUT2D eigenvalue weighted by atomic mass is 9.96. The summed E-state index contributed by atoms with van der Waals surface area (Å²) in [5.41, 5.74) is 6.07. The second kappa shape index (κ2) is 8.89. The fraction of sp³-hybridized carbons (Fsp3) is 0.276. The molecule has 0 N–H and O–H groups in total. The Morgan fingerprint density at radius 3 is 2.58 bits per heavy atom. The first kappa shape index (κ1) is 22.4. The first-order valence-corrected chi connectivity index (χ1v) is 12.3. The van der Waals surface area contributed by atoms with Crippen LogP contribution in [0.4, 0.5) is 10.1 Å². The second-order valence-electron chi connectivity index (χ2n) is 9.84. The molecule has 2 aromatic carbocycles. The molecule has 0 aliphatic carbocycles. The third-order valence-electron chi connectivity index (χ3n) is 7.48. The van der Waals surface area contributed by atoms with E-state index in [0.29, 0.717) is 11.5 Å². The van der Waals surface area contributed by atoms with E-state index in [-0.39, 0.29) is 5.69 Å². The van der Waals surface area contributed by atoms with E-state index in [1.165, 1.54) is 12.1 Å². The third-order valence-corrected chi connectivity index (χ3v) is 7.48. The van der Waals surface area contributed by atoms with E-state index < -0.39 is 5.82 Å². The minimum absolute atomic E-state index is 0.0129. The van der Waals surface area contributed by atoms with E-state index in [4.69, 9.17) is 16.5 Å². The van der Waals surface area contributed by atoms with Gasteiger partial charge in [-0.1, -0.05) is 18.2 Å². The van der Waals surface area contributed by atoms with Gasteiger partial charge in [-0.25, -0.2) is 14.2 Å². The first-order chi connectivity index (χ1) is 17.5. The van der Waals surface area contributed by atoms with Gasteiger partial charge in [0.25, 0.3) is 0 Å². The van der Waals surface area contributed by atoms with Crippen LogP contribution in [-0.2, 0) is 13.6 Å². The van der Waals surface area contributed by atoms with Gasteiger partial charge in [0.2, 0.25) is 5.69 Å². The number of rotatable bonds is 4. The highest BCUT2D eigenvalue weighted by Crippen LogP contribution is 2.38. The highest BCUT2D eigenvalue weighted by atomic mass is 19.1. The van der Waals surface area contributed by atoms with Crippen LogP contribution < -0.4 is 0 Å². The Bertz CT molecular complexity index is 1630. The number of aryl methyl sites for hydroxylation is 1. The SMILES string of the molecule is [C-]#[N+]c1ccc(-c2c(-c3ccc4c(ccn4C)c3)ncc3c2ncn3CC2CCN(C)CC2)cc1F. The first-order valence-electron chi connectivity index (χ1n) is 12.3. The quantitative estimate of drug-likeness (QED) is 0.285. The maximum atomic E-state index is 14.8. The molecule has 7 heteroatoms. The van der Waals surface area contributed by atoms with E-state index in [9.17, 15) is 4.39 Å². The van der Waals surface area contributed by atoms with E-state index in [1.807, 2.05) is 25.8 Å². The van der Waals surface area contributed by atoms with Crippen LogP contribution in [0.3, 0.4) is 0 Å². The van der Waals surface area contributed by atoms with Crippen LogP contribution >= 0.6 is 0 Å². The molecule has 6 nitrogen and oxygen atoms in total. The number of hydrogen-bond acceptors (Lipinski definition) is 3. The molecule has 180 valence electrons. The van der Waals surface area contributed by atoms with Crippen LogP contribution in [0, 0.1) is 18.3 Å². The van der Waals surface area contributed by atoms with Gasteiger partial charge in [-0.3, -0.25) is 4.98 Å². The van der Waals surface area contributed by atoms with E-state index in [1.54, 1.807) is 6.07 Å². The van der Waals surface area contributed by atoms with Crippen molar-refractivity contribution in [3.05, 3.63) is 78.4 Å². The van der Waals surface area contributed by atoms with Crippen molar-refractivity contribution in [2.45, 2.75) is 19.4 Å². The summed E-state index contributed by atoms with van der Waals surface area (Å²) in [5, 5.41) is 1.12. The predicted molar refractivity (Wildman–Crippen MR) is 141 cm³/mol. The molecule has 1 aliphatic heterocycles. The Kier molecular flexibility index (Phi) is 5.54. The lowest BCUT2D eigenvalue weighted by molar-refractivity contribution is 0.206. The number of imidazole rings is 1. The van der Waals surface area contributed by atoms with Crippen molar-refractivity contribution >= 4 is 27.6 Å². The number of aromatic nitrogens is 4. The van der Waals surface area contributed by atoms with Gasteiger partial charge in [-0.05, 0) is 68.7 Å². The number of fused-ring (bicyclic) bond motifs is 2. The number of likely N-dealkylation sites (tertiary alicyclic amines) is 1. The average molecular weight is 479 g/mol. The Balaban J connectivity index is 1.51. The number of pyridine rings is 1.